The Labute approximate surface area is 166 Å². The zero-order valence-corrected chi connectivity index (χ0v) is 16.0. The number of carboxylic acid groups (broad SMARTS) is 1. The zero-order chi connectivity index (χ0) is 20.5. The highest BCUT2D eigenvalue weighted by Crippen LogP contribution is 2.37. The van der Waals surface area contributed by atoms with Gasteiger partial charge in [-0.2, -0.15) is 0 Å². The van der Waals surface area contributed by atoms with E-state index in [1.807, 2.05) is 6.07 Å². The van der Waals surface area contributed by atoms with Crippen molar-refractivity contribution in [2.24, 2.45) is 0 Å². The first-order valence-electron chi connectivity index (χ1n) is 9.21. The van der Waals surface area contributed by atoms with Gasteiger partial charge in [0.1, 0.15) is 11.4 Å². The summed E-state index contributed by atoms with van der Waals surface area (Å²) in [5.74, 6) is -0.668. The molecule has 0 bridgehead atoms. The van der Waals surface area contributed by atoms with Crippen LogP contribution in [0.5, 0.6) is 5.75 Å². The van der Waals surface area contributed by atoms with Gasteiger partial charge in [0.15, 0.2) is 0 Å². The predicted molar refractivity (Wildman–Crippen MR) is 109 cm³/mol. The van der Waals surface area contributed by atoms with Gasteiger partial charge in [0, 0.05) is 48.1 Å². The van der Waals surface area contributed by atoms with Gasteiger partial charge in [0.25, 0.3) is 5.91 Å². The van der Waals surface area contributed by atoms with Crippen molar-refractivity contribution in [3.05, 3.63) is 47.9 Å². The van der Waals surface area contributed by atoms with E-state index >= 15 is 0 Å². The van der Waals surface area contributed by atoms with Gasteiger partial charge in [-0.05, 0) is 25.0 Å². The lowest BCUT2D eigenvalue weighted by atomic mass is 10.0. The second-order valence-corrected chi connectivity index (χ2v) is 6.85. The highest BCUT2D eigenvalue weighted by atomic mass is 16.5. The SMILES string of the molecule is CNc1c(C(=O)NC2CC2)cnc2cc(OC)c(-c3ccc(C(=O)O)nc3)cc12. The number of fused-ring (bicyclic) bond motifs is 1. The largest absolute Gasteiger partial charge is 0.496 e. The predicted octanol–water partition coefficient (Wildman–Crippen LogP) is 2.94. The van der Waals surface area contributed by atoms with Gasteiger partial charge in [-0.3, -0.25) is 9.78 Å². The van der Waals surface area contributed by atoms with Gasteiger partial charge in [-0.25, -0.2) is 9.78 Å². The number of methoxy groups -OCH3 is 1. The van der Waals surface area contributed by atoms with Gasteiger partial charge in [-0.1, -0.05) is 6.07 Å². The molecule has 1 aliphatic rings. The van der Waals surface area contributed by atoms with Crippen molar-refractivity contribution in [2.45, 2.75) is 18.9 Å². The topological polar surface area (TPSA) is 113 Å². The Morgan fingerprint density at radius 3 is 2.55 bits per heavy atom. The number of ether oxygens (including phenoxy) is 1. The third kappa shape index (κ3) is 3.56. The number of hydrogen-bond acceptors (Lipinski definition) is 6. The molecule has 1 aliphatic carbocycles. The number of rotatable bonds is 6. The molecule has 148 valence electrons. The number of aromatic carboxylic acids is 1. The molecule has 3 N–H and O–H groups in total. The molecular weight excluding hydrogens is 372 g/mol. The molecule has 0 atom stereocenters. The van der Waals surface area contributed by atoms with Crippen LogP contribution in [-0.4, -0.2) is 47.2 Å². The minimum atomic E-state index is -1.09. The number of aromatic nitrogens is 2. The average Bonchev–Trinajstić information content (AvgIpc) is 3.55. The van der Waals surface area contributed by atoms with E-state index in [-0.39, 0.29) is 17.6 Å². The van der Waals surface area contributed by atoms with Crippen molar-refractivity contribution >= 4 is 28.5 Å². The highest BCUT2D eigenvalue weighted by Gasteiger charge is 2.26. The van der Waals surface area contributed by atoms with Crippen LogP contribution in [0.3, 0.4) is 0 Å². The first-order valence-corrected chi connectivity index (χ1v) is 9.21. The number of nitrogens with zero attached hydrogens (tertiary/aromatic N) is 2. The van der Waals surface area contributed by atoms with Crippen LogP contribution in [0.1, 0.15) is 33.7 Å². The number of carboxylic acids is 1. The second kappa shape index (κ2) is 7.38. The molecular formula is C21H20N4O4. The maximum absolute atomic E-state index is 12.6. The van der Waals surface area contributed by atoms with Crippen molar-refractivity contribution < 1.29 is 19.4 Å². The third-order valence-corrected chi connectivity index (χ3v) is 4.89. The number of carbonyl (C=O) groups is 2. The Morgan fingerprint density at radius 2 is 1.97 bits per heavy atom. The lowest BCUT2D eigenvalue weighted by Gasteiger charge is -2.15. The standard InChI is InChI=1S/C21H20N4O4/c1-22-19-14-7-13(11-3-6-16(21(27)28)23-9-11)18(29-2)8-17(14)24-10-15(19)20(26)25-12-4-5-12/h3,6-10,12H,4-5H2,1-2H3,(H,22,24)(H,25,26)(H,27,28). The van der Waals surface area contributed by atoms with Crippen LogP contribution in [0.2, 0.25) is 0 Å². The van der Waals surface area contributed by atoms with Gasteiger partial charge in [0.05, 0.1) is 23.9 Å². The summed E-state index contributed by atoms with van der Waals surface area (Å²) < 4.78 is 5.51. The van der Waals surface area contributed by atoms with E-state index < -0.39 is 5.97 Å². The van der Waals surface area contributed by atoms with E-state index in [0.29, 0.717) is 28.1 Å². The van der Waals surface area contributed by atoms with Gasteiger partial charge >= 0.3 is 5.97 Å². The maximum Gasteiger partial charge on any atom is 0.354 e. The Hall–Kier alpha value is -3.68. The van der Waals surface area contributed by atoms with Crippen LogP contribution >= 0.6 is 0 Å². The van der Waals surface area contributed by atoms with Gasteiger partial charge < -0.3 is 20.5 Å². The van der Waals surface area contributed by atoms with Crippen LogP contribution in [0, 0.1) is 0 Å². The zero-order valence-electron chi connectivity index (χ0n) is 16.0. The van der Waals surface area contributed by atoms with Gasteiger partial charge in [0.2, 0.25) is 0 Å². The number of amides is 1. The van der Waals surface area contributed by atoms with E-state index in [0.717, 1.165) is 23.8 Å². The Balaban J connectivity index is 1.85. The molecule has 0 aliphatic heterocycles. The van der Waals surface area contributed by atoms with Crippen LogP contribution in [0.25, 0.3) is 22.0 Å². The van der Waals surface area contributed by atoms with Crippen LogP contribution in [-0.2, 0) is 0 Å². The molecule has 1 aromatic carbocycles. The molecule has 0 saturated heterocycles. The summed E-state index contributed by atoms with van der Waals surface area (Å²) in [7, 11) is 3.32. The van der Waals surface area contributed by atoms with Crippen LogP contribution < -0.4 is 15.4 Å². The summed E-state index contributed by atoms with van der Waals surface area (Å²) in [4.78, 5) is 32.1. The van der Waals surface area contributed by atoms with Crippen LogP contribution in [0.4, 0.5) is 5.69 Å². The molecule has 8 nitrogen and oxygen atoms in total. The van der Waals surface area contributed by atoms with E-state index in [4.69, 9.17) is 9.84 Å². The summed E-state index contributed by atoms with van der Waals surface area (Å²) in [6.07, 6.45) is 5.06. The Kier molecular flexibility index (Phi) is 4.75. The minimum absolute atomic E-state index is 0.0369. The van der Waals surface area contributed by atoms with E-state index in [1.165, 1.54) is 12.3 Å². The number of pyridine rings is 2. The smallest absolute Gasteiger partial charge is 0.354 e. The molecule has 1 fully saturated rings. The highest BCUT2D eigenvalue weighted by molar-refractivity contribution is 6.08. The monoisotopic (exact) mass is 392 g/mol. The van der Waals surface area contributed by atoms with E-state index in [9.17, 15) is 9.59 Å². The first-order chi connectivity index (χ1) is 14.0. The molecule has 2 aromatic heterocycles. The molecule has 4 rings (SSSR count). The summed E-state index contributed by atoms with van der Waals surface area (Å²) in [6, 6.07) is 7.03. The lowest BCUT2D eigenvalue weighted by Crippen LogP contribution is -2.26. The van der Waals surface area contributed by atoms with Crippen molar-refractivity contribution in [3.63, 3.8) is 0 Å². The molecule has 0 spiro atoms. The molecule has 29 heavy (non-hydrogen) atoms. The van der Waals surface area contributed by atoms with E-state index in [2.05, 4.69) is 20.6 Å². The fourth-order valence-electron chi connectivity index (χ4n) is 3.23. The fourth-order valence-corrected chi connectivity index (χ4v) is 3.23. The third-order valence-electron chi connectivity index (χ3n) is 4.89. The molecule has 1 amide bonds. The molecule has 8 heteroatoms. The van der Waals surface area contributed by atoms with Crippen molar-refractivity contribution in [2.75, 3.05) is 19.5 Å². The molecule has 1 saturated carbocycles. The second-order valence-electron chi connectivity index (χ2n) is 6.85. The normalized spacial score (nSPS) is 13.2. The lowest BCUT2D eigenvalue weighted by molar-refractivity contribution is 0.0690. The Morgan fingerprint density at radius 1 is 1.17 bits per heavy atom. The van der Waals surface area contributed by atoms with Crippen molar-refractivity contribution in [1.82, 2.24) is 15.3 Å². The summed E-state index contributed by atoms with van der Waals surface area (Å²) >= 11 is 0. The van der Waals surface area contributed by atoms with Crippen molar-refractivity contribution in [3.8, 4) is 16.9 Å². The molecule has 0 radical (unpaired) electrons. The average molecular weight is 392 g/mol. The number of anilines is 1. The minimum Gasteiger partial charge on any atom is -0.496 e. The molecule has 0 unspecified atom stereocenters. The number of hydrogen-bond donors (Lipinski definition) is 3. The summed E-state index contributed by atoms with van der Waals surface area (Å²) in [6.45, 7) is 0. The summed E-state index contributed by atoms with van der Waals surface area (Å²) in [5, 5.41) is 15.9. The van der Waals surface area contributed by atoms with Crippen molar-refractivity contribution in [1.29, 1.82) is 0 Å². The van der Waals surface area contributed by atoms with Gasteiger partial charge in [-0.15, -0.1) is 0 Å². The van der Waals surface area contributed by atoms with E-state index in [1.54, 1.807) is 32.5 Å². The first kappa shape index (κ1) is 18.7. The maximum atomic E-state index is 12.6. The number of carbonyl (C=O) groups excluding carboxylic acids is 1. The summed E-state index contributed by atoms with van der Waals surface area (Å²) in [5.41, 5.74) is 3.21. The fraction of sp³-hybridized carbons (Fsp3) is 0.238. The number of nitrogens with one attached hydrogen (secondary N) is 2. The Bertz CT molecular complexity index is 1110. The molecule has 2 heterocycles. The van der Waals surface area contributed by atoms with Crippen LogP contribution in [0.15, 0.2) is 36.7 Å². The quantitative estimate of drug-likeness (QED) is 0.591. The number of benzene rings is 1. The molecule has 3 aromatic rings.